The van der Waals surface area contributed by atoms with Crippen LogP contribution in [0.25, 0.3) is 0 Å². The molecule has 0 aromatic heterocycles. The lowest BCUT2D eigenvalue weighted by Gasteiger charge is -2.28. The number of hydrogen-bond donors (Lipinski definition) is 1. The van der Waals surface area contributed by atoms with Crippen molar-refractivity contribution in [1.82, 2.24) is 10.2 Å². The summed E-state index contributed by atoms with van der Waals surface area (Å²) in [4.78, 5) is 2.56. The molecule has 0 aliphatic carbocycles. The first-order chi connectivity index (χ1) is 4.47. The average Bonchev–Trinajstić information content (AvgIpc) is 2.33. The number of nitrogens with zero attached hydrogens (tertiary/aromatic N) is 1. The van der Waals surface area contributed by atoms with E-state index in [-0.39, 0.29) is 0 Å². The van der Waals surface area contributed by atoms with Crippen molar-refractivity contribution in [2.24, 2.45) is 0 Å². The third-order valence-electron chi connectivity index (χ3n) is 2.39. The standard InChI is InChI=1S/C7H14N2/c1-2-5-9-6-4-8-7(9)3-1/h7-8H,1-6H2. The molecule has 2 nitrogen and oxygen atoms in total. The molecule has 1 unspecified atom stereocenters. The average molecular weight is 126 g/mol. The number of rotatable bonds is 0. The molecule has 1 atom stereocenters. The van der Waals surface area contributed by atoms with E-state index in [0.29, 0.717) is 0 Å². The maximum Gasteiger partial charge on any atom is 0.0597 e. The molecule has 2 rings (SSSR count). The second kappa shape index (κ2) is 2.27. The van der Waals surface area contributed by atoms with Crippen molar-refractivity contribution in [2.75, 3.05) is 19.6 Å². The number of fused-ring (bicyclic) bond motifs is 1. The first-order valence-electron chi connectivity index (χ1n) is 3.94. The highest BCUT2D eigenvalue weighted by molar-refractivity contribution is 4.80. The van der Waals surface area contributed by atoms with Crippen LogP contribution in [0.5, 0.6) is 0 Å². The van der Waals surface area contributed by atoms with Crippen LogP contribution in [0.3, 0.4) is 0 Å². The molecule has 0 aromatic carbocycles. The van der Waals surface area contributed by atoms with Gasteiger partial charge in [-0.3, -0.25) is 4.90 Å². The minimum atomic E-state index is 0.749. The van der Waals surface area contributed by atoms with E-state index in [4.69, 9.17) is 0 Å². The van der Waals surface area contributed by atoms with Crippen LogP contribution in [-0.4, -0.2) is 30.7 Å². The second-order valence-electron chi connectivity index (χ2n) is 3.00. The van der Waals surface area contributed by atoms with Crippen LogP contribution in [0.1, 0.15) is 19.3 Å². The summed E-state index contributed by atoms with van der Waals surface area (Å²) in [6.07, 6.45) is 4.96. The van der Waals surface area contributed by atoms with Gasteiger partial charge >= 0.3 is 0 Å². The third kappa shape index (κ3) is 0.970. The number of nitrogens with one attached hydrogen (secondary N) is 1. The highest BCUT2D eigenvalue weighted by Gasteiger charge is 2.25. The monoisotopic (exact) mass is 126 g/mol. The van der Waals surface area contributed by atoms with Crippen molar-refractivity contribution in [1.29, 1.82) is 0 Å². The summed E-state index contributed by atoms with van der Waals surface area (Å²) in [6.45, 7) is 3.83. The molecule has 2 fully saturated rings. The zero-order valence-electron chi connectivity index (χ0n) is 5.77. The molecule has 2 aliphatic heterocycles. The van der Waals surface area contributed by atoms with E-state index in [1.54, 1.807) is 0 Å². The van der Waals surface area contributed by atoms with Gasteiger partial charge in [-0.25, -0.2) is 0 Å². The van der Waals surface area contributed by atoms with Crippen LogP contribution in [0, 0.1) is 0 Å². The number of hydrogen-bond acceptors (Lipinski definition) is 2. The summed E-state index contributed by atoms with van der Waals surface area (Å²) < 4.78 is 0. The van der Waals surface area contributed by atoms with Crippen molar-refractivity contribution in [2.45, 2.75) is 25.4 Å². The molecule has 1 N–H and O–H groups in total. The SMILES string of the molecule is C1CCN2CCNC2C1. The Labute approximate surface area is 56.2 Å². The molecular formula is C7H14N2. The van der Waals surface area contributed by atoms with E-state index in [0.717, 1.165) is 6.17 Å². The fraction of sp³-hybridized carbons (Fsp3) is 1.00. The lowest BCUT2D eigenvalue weighted by atomic mass is 10.1. The molecule has 9 heavy (non-hydrogen) atoms. The lowest BCUT2D eigenvalue weighted by molar-refractivity contribution is 0.186. The lowest BCUT2D eigenvalue weighted by Crippen LogP contribution is -2.39. The molecule has 2 saturated heterocycles. The van der Waals surface area contributed by atoms with Crippen molar-refractivity contribution < 1.29 is 0 Å². The van der Waals surface area contributed by atoms with Gasteiger partial charge in [0.25, 0.3) is 0 Å². The van der Waals surface area contributed by atoms with Crippen LogP contribution in [0.4, 0.5) is 0 Å². The van der Waals surface area contributed by atoms with Crippen molar-refractivity contribution in [3.8, 4) is 0 Å². The van der Waals surface area contributed by atoms with Gasteiger partial charge in [0.2, 0.25) is 0 Å². The fourth-order valence-corrected chi connectivity index (χ4v) is 1.86. The summed E-state index contributed by atoms with van der Waals surface area (Å²) in [6, 6.07) is 0. The van der Waals surface area contributed by atoms with E-state index < -0.39 is 0 Å². The molecule has 0 amide bonds. The molecular weight excluding hydrogens is 112 g/mol. The Morgan fingerprint density at radius 3 is 3.11 bits per heavy atom. The maximum absolute atomic E-state index is 3.48. The Kier molecular flexibility index (Phi) is 1.44. The first kappa shape index (κ1) is 5.69. The highest BCUT2D eigenvalue weighted by Crippen LogP contribution is 2.16. The summed E-state index contributed by atoms with van der Waals surface area (Å²) >= 11 is 0. The van der Waals surface area contributed by atoms with Gasteiger partial charge in [0, 0.05) is 13.1 Å². The number of piperidine rings is 1. The summed E-state index contributed by atoms with van der Waals surface area (Å²) in [7, 11) is 0. The van der Waals surface area contributed by atoms with Crippen LogP contribution >= 0.6 is 0 Å². The van der Waals surface area contributed by atoms with Gasteiger partial charge in [-0.15, -0.1) is 0 Å². The molecule has 2 aliphatic rings. The minimum absolute atomic E-state index is 0.749. The summed E-state index contributed by atoms with van der Waals surface area (Å²) in [5.74, 6) is 0. The van der Waals surface area contributed by atoms with Crippen LogP contribution < -0.4 is 5.32 Å². The largest absolute Gasteiger partial charge is 0.300 e. The Morgan fingerprint density at radius 2 is 2.22 bits per heavy atom. The van der Waals surface area contributed by atoms with E-state index >= 15 is 0 Å². The Morgan fingerprint density at radius 1 is 1.22 bits per heavy atom. The smallest absolute Gasteiger partial charge is 0.0597 e. The zero-order valence-corrected chi connectivity index (χ0v) is 5.77. The predicted molar refractivity (Wildman–Crippen MR) is 37.2 cm³/mol. The Hall–Kier alpha value is -0.0800. The van der Waals surface area contributed by atoms with Crippen LogP contribution in [0.2, 0.25) is 0 Å². The highest BCUT2D eigenvalue weighted by atomic mass is 15.3. The van der Waals surface area contributed by atoms with E-state index in [9.17, 15) is 0 Å². The van der Waals surface area contributed by atoms with Crippen molar-refractivity contribution in [3.05, 3.63) is 0 Å². The van der Waals surface area contributed by atoms with E-state index in [1.165, 1.54) is 38.9 Å². The van der Waals surface area contributed by atoms with E-state index in [1.807, 2.05) is 0 Å². The van der Waals surface area contributed by atoms with E-state index in [2.05, 4.69) is 10.2 Å². The quantitative estimate of drug-likeness (QED) is 0.505. The van der Waals surface area contributed by atoms with Crippen LogP contribution in [0.15, 0.2) is 0 Å². The topological polar surface area (TPSA) is 15.3 Å². The maximum atomic E-state index is 3.48. The normalized spacial score (nSPS) is 36.7. The van der Waals surface area contributed by atoms with Gasteiger partial charge in [-0.2, -0.15) is 0 Å². The fourth-order valence-electron chi connectivity index (χ4n) is 1.86. The molecule has 0 radical (unpaired) electrons. The van der Waals surface area contributed by atoms with Crippen molar-refractivity contribution >= 4 is 0 Å². The zero-order chi connectivity index (χ0) is 6.10. The van der Waals surface area contributed by atoms with Crippen molar-refractivity contribution in [3.63, 3.8) is 0 Å². The minimum Gasteiger partial charge on any atom is -0.300 e. The molecule has 52 valence electrons. The van der Waals surface area contributed by atoms with Gasteiger partial charge in [0.05, 0.1) is 6.17 Å². The van der Waals surface area contributed by atoms with Gasteiger partial charge < -0.3 is 5.32 Å². The van der Waals surface area contributed by atoms with Gasteiger partial charge in [0.1, 0.15) is 0 Å². The third-order valence-corrected chi connectivity index (χ3v) is 2.39. The predicted octanol–water partition coefficient (Wildman–Crippen LogP) is 0.402. The van der Waals surface area contributed by atoms with Crippen LogP contribution in [-0.2, 0) is 0 Å². The second-order valence-corrected chi connectivity index (χ2v) is 3.00. The van der Waals surface area contributed by atoms with Gasteiger partial charge in [0.15, 0.2) is 0 Å². The van der Waals surface area contributed by atoms with Gasteiger partial charge in [-0.1, -0.05) is 0 Å². The summed E-state index contributed by atoms with van der Waals surface area (Å²) in [5.41, 5.74) is 0. The molecule has 2 heteroatoms. The Balaban J connectivity index is 1.97. The Bertz CT molecular complexity index is 91.1. The molecule has 2 heterocycles. The molecule has 0 spiro atoms. The molecule has 0 bridgehead atoms. The molecule has 0 aromatic rings. The van der Waals surface area contributed by atoms with Gasteiger partial charge in [-0.05, 0) is 25.8 Å². The summed E-state index contributed by atoms with van der Waals surface area (Å²) in [5, 5.41) is 3.48. The first-order valence-corrected chi connectivity index (χ1v) is 3.94. The molecule has 0 saturated carbocycles.